The van der Waals surface area contributed by atoms with E-state index in [4.69, 9.17) is 0 Å². The molecule has 0 radical (unpaired) electrons. The van der Waals surface area contributed by atoms with E-state index in [2.05, 4.69) is 22.4 Å². The third kappa shape index (κ3) is 3.15. The SMILES string of the molecule is C1CNCC(CNC2CCSC2)C1. The van der Waals surface area contributed by atoms with Crippen molar-refractivity contribution in [3.63, 3.8) is 0 Å². The average molecular weight is 200 g/mol. The summed E-state index contributed by atoms with van der Waals surface area (Å²) < 4.78 is 0. The lowest BCUT2D eigenvalue weighted by atomic mass is 9.99. The lowest BCUT2D eigenvalue weighted by Crippen LogP contribution is -2.39. The molecule has 0 aliphatic carbocycles. The first-order valence-electron chi connectivity index (χ1n) is 5.47. The molecule has 0 aromatic rings. The van der Waals surface area contributed by atoms with Gasteiger partial charge in [-0.2, -0.15) is 11.8 Å². The van der Waals surface area contributed by atoms with E-state index in [9.17, 15) is 0 Å². The van der Waals surface area contributed by atoms with E-state index in [1.807, 2.05) is 0 Å². The van der Waals surface area contributed by atoms with Crippen molar-refractivity contribution in [3.05, 3.63) is 0 Å². The van der Waals surface area contributed by atoms with E-state index in [0.717, 1.165) is 12.0 Å². The first-order valence-corrected chi connectivity index (χ1v) is 6.62. The minimum Gasteiger partial charge on any atom is -0.316 e. The second-order valence-electron chi connectivity index (χ2n) is 4.18. The fourth-order valence-electron chi connectivity index (χ4n) is 2.13. The topological polar surface area (TPSA) is 24.1 Å². The average Bonchev–Trinajstić information content (AvgIpc) is 2.69. The lowest BCUT2D eigenvalue weighted by molar-refractivity contribution is 0.348. The molecule has 3 heteroatoms. The lowest BCUT2D eigenvalue weighted by Gasteiger charge is -2.24. The van der Waals surface area contributed by atoms with Crippen molar-refractivity contribution >= 4 is 11.8 Å². The Morgan fingerprint density at radius 2 is 2.38 bits per heavy atom. The fourth-order valence-corrected chi connectivity index (χ4v) is 3.31. The van der Waals surface area contributed by atoms with Gasteiger partial charge in [-0.25, -0.2) is 0 Å². The molecule has 0 aromatic heterocycles. The summed E-state index contributed by atoms with van der Waals surface area (Å²) in [7, 11) is 0. The van der Waals surface area contributed by atoms with Crippen LogP contribution in [0.2, 0.25) is 0 Å². The monoisotopic (exact) mass is 200 g/mol. The van der Waals surface area contributed by atoms with Gasteiger partial charge in [0.2, 0.25) is 0 Å². The molecule has 2 fully saturated rings. The Labute approximate surface area is 85.2 Å². The van der Waals surface area contributed by atoms with Crippen molar-refractivity contribution in [2.45, 2.75) is 25.3 Å². The van der Waals surface area contributed by atoms with Crippen LogP contribution in [0.3, 0.4) is 0 Å². The molecule has 2 N–H and O–H groups in total. The molecule has 2 nitrogen and oxygen atoms in total. The molecular formula is C10H20N2S. The third-order valence-electron chi connectivity index (χ3n) is 3.02. The van der Waals surface area contributed by atoms with Crippen molar-refractivity contribution < 1.29 is 0 Å². The molecule has 2 aliphatic rings. The molecule has 0 aromatic carbocycles. The molecule has 0 bridgehead atoms. The number of rotatable bonds is 3. The molecule has 2 unspecified atom stereocenters. The van der Waals surface area contributed by atoms with Crippen molar-refractivity contribution in [3.8, 4) is 0 Å². The normalized spacial score (nSPS) is 35.1. The van der Waals surface area contributed by atoms with Crippen LogP contribution >= 0.6 is 11.8 Å². The highest BCUT2D eigenvalue weighted by Crippen LogP contribution is 2.17. The second-order valence-corrected chi connectivity index (χ2v) is 5.33. The van der Waals surface area contributed by atoms with Crippen LogP contribution in [-0.2, 0) is 0 Å². The quantitative estimate of drug-likeness (QED) is 0.713. The Hall–Kier alpha value is 0.270. The van der Waals surface area contributed by atoms with E-state index in [-0.39, 0.29) is 0 Å². The molecule has 0 amide bonds. The number of piperidine rings is 1. The van der Waals surface area contributed by atoms with Gasteiger partial charge in [0.1, 0.15) is 0 Å². The number of hydrogen-bond donors (Lipinski definition) is 2. The Morgan fingerprint density at radius 3 is 3.08 bits per heavy atom. The van der Waals surface area contributed by atoms with E-state index in [1.54, 1.807) is 0 Å². The van der Waals surface area contributed by atoms with Gasteiger partial charge in [0.15, 0.2) is 0 Å². The number of nitrogens with one attached hydrogen (secondary N) is 2. The van der Waals surface area contributed by atoms with Crippen molar-refractivity contribution in [1.82, 2.24) is 10.6 Å². The van der Waals surface area contributed by atoms with Crippen LogP contribution in [0.25, 0.3) is 0 Å². The predicted molar refractivity (Wildman–Crippen MR) is 59.3 cm³/mol. The van der Waals surface area contributed by atoms with Crippen LogP contribution in [-0.4, -0.2) is 37.2 Å². The summed E-state index contributed by atoms with van der Waals surface area (Å²) in [5.41, 5.74) is 0. The van der Waals surface area contributed by atoms with Gasteiger partial charge in [-0.3, -0.25) is 0 Å². The van der Waals surface area contributed by atoms with Crippen molar-refractivity contribution in [1.29, 1.82) is 0 Å². The number of thioether (sulfide) groups is 1. The standard InChI is InChI=1S/C10H20N2S/c1-2-9(6-11-4-1)7-12-10-3-5-13-8-10/h9-12H,1-8H2. The summed E-state index contributed by atoms with van der Waals surface area (Å²) in [5.74, 6) is 3.58. The largest absolute Gasteiger partial charge is 0.316 e. The van der Waals surface area contributed by atoms with E-state index >= 15 is 0 Å². The summed E-state index contributed by atoms with van der Waals surface area (Å²) in [6, 6.07) is 0.812. The van der Waals surface area contributed by atoms with Crippen LogP contribution in [0.4, 0.5) is 0 Å². The predicted octanol–water partition coefficient (Wildman–Crippen LogP) is 1.08. The van der Waals surface area contributed by atoms with E-state index < -0.39 is 0 Å². The minimum absolute atomic E-state index is 0.812. The highest BCUT2D eigenvalue weighted by atomic mass is 32.2. The zero-order valence-electron chi connectivity index (χ0n) is 8.22. The van der Waals surface area contributed by atoms with Gasteiger partial charge in [0.25, 0.3) is 0 Å². The molecule has 76 valence electrons. The maximum absolute atomic E-state index is 3.69. The molecule has 2 heterocycles. The van der Waals surface area contributed by atoms with Crippen LogP contribution in [0.15, 0.2) is 0 Å². The van der Waals surface area contributed by atoms with Crippen molar-refractivity contribution in [2.75, 3.05) is 31.1 Å². The molecular weight excluding hydrogens is 180 g/mol. The molecule has 2 atom stereocenters. The number of hydrogen-bond acceptors (Lipinski definition) is 3. The second kappa shape index (κ2) is 5.23. The summed E-state index contributed by atoms with van der Waals surface area (Å²) in [6.07, 6.45) is 4.16. The van der Waals surface area contributed by atoms with Crippen LogP contribution in [0, 0.1) is 5.92 Å². The third-order valence-corrected chi connectivity index (χ3v) is 4.19. The first-order chi connectivity index (χ1) is 6.45. The zero-order chi connectivity index (χ0) is 8.93. The summed E-state index contributed by atoms with van der Waals surface area (Å²) in [4.78, 5) is 0. The van der Waals surface area contributed by atoms with Gasteiger partial charge in [-0.05, 0) is 50.6 Å². The van der Waals surface area contributed by atoms with Crippen LogP contribution in [0.5, 0.6) is 0 Å². The van der Waals surface area contributed by atoms with Crippen LogP contribution in [0.1, 0.15) is 19.3 Å². The molecule has 0 saturated carbocycles. The first kappa shape index (κ1) is 9.81. The van der Waals surface area contributed by atoms with E-state index in [0.29, 0.717) is 0 Å². The highest BCUT2D eigenvalue weighted by molar-refractivity contribution is 7.99. The van der Waals surface area contributed by atoms with Gasteiger partial charge in [-0.1, -0.05) is 0 Å². The van der Waals surface area contributed by atoms with Crippen molar-refractivity contribution in [2.24, 2.45) is 5.92 Å². The molecule has 2 rings (SSSR count). The van der Waals surface area contributed by atoms with Gasteiger partial charge in [0.05, 0.1) is 0 Å². The van der Waals surface area contributed by atoms with E-state index in [1.165, 1.54) is 50.4 Å². The summed E-state index contributed by atoms with van der Waals surface area (Å²) >= 11 is 2.09. The highest BCUT2D eigenvalue weighted by Gasteiger charge is 2.17. The summed E-state index contributed by atoms with van der Waals surface area (Å²) in [5, 5.41) is 7.16. The summed E-state index contributed by atoms with van der Waals surface area (Å²) in [6.45, 7) is 3.70. The maximum atomic E-state index is 3.69. The molecule has 0 spiro atoms. The molecule has 2 aliphatic heterocycles. The van der Waals surface area contributed by atoms with Crippen LogP contribution < -0.4 is 10.6 Å². The molecule has 2 saturated heterocycles. The maximum Gasteiger partial charge on any atom is 0.0166 e. The van der Waals surface area contributed by atoms with Gasteiger partial charge < -0.3 is 10.6 Å². The van der Waals surface area contributed by atoms with Gasteiger partial charge >= 0.3 is 0 Å². The Bertz CT molecular complexity index is 140. The minimum atomic E-state index is 0.812. The smallest absolute Gasteiger partial charge is 0.0166 e. The Morgan fingerprint density at radius 1 is 1.38 bits per heavy atom. The van der Waals surface area contributed by atoms with Gasteiger partial charge in [0, 0.05) is 11.8 Å². The molecule has 13 heavy (non-hydrogen) atoms. The van der Waals surface area contributed by atoms with Gasteiger partial charge in [-0.15, -0.1) is 0 Å². The Balaban J connectivity index is 1.60. The Kier molecular flexibility index (Phi) is 3.94. The zero-order valence-corrected chi connectivity index (χ0v) is 9.04. The fraction of sp³-hybridized carbons (Fsp3) is 1.00.